The molecule has 0 saturated carbocycles. The van der Waals surface area contributed by atoms with E-state index in [1.54, 1.807) is 0 Å². The van der Waals surface area contributed by atoms with Crippen molar-refractivity contribution in [3.05, 3.63) is 48.5 Å². The van der Waals surface area contributed by atoms with E-state index in [1.165, 1.54) is 0 Å². The van der Waals surface area contributed by atoms with E-state index < -0.39 is 0 Å². The molecule has 16 heavy (non-hydrogen) atoms. The minimum atomic E-state index is 0.782. The van der Waals surface area contributed by atoms with Crippen LogP contribution >= 0.6 is 0 Å². The van der Waals surface area contributed by atoms with Crippen LogP contribution in [0.2, 0.25) is 0 Å². The molecule has 0 aliphatic carbocycles. The van der Waals surface area contributed by atoms with Gasteiger partial charge in [-0.15, -0.1) is 0 Å². The van der Waals surface area contributed by atoms with Gasteiger partial charge in [0.15, 0.2) is 0 Å². The summed E-state index contributed by atoms with van der Waals surface area (Å²) in [6, 6.07) is 16.0. The van der Waals surface area contributed by atoms with Crippen LogP contribution < -0.4 is 16.6 Å². The minimum absolute atomic E-state index is 0.782. The fraction of sp³-hybridized carbons (Fsp3) is 0.0769. The predicted octanol–water partition coefficient (Wildman–Crippen LogP) is 2.48. The summed E-state index contributed by atoms with van der Waals surface area (Å²) in [6.45, 7) is 0. The van der Waals surface area contributed by atoms with E-state index in [9.17, 15) is 0 Å². The highest BCUT2D eigenvalue weighted by Crippen LogP contribution is 2.23. The molecule has 4 N–H and O–H groups in total. The van der Waals surface area contributed by atoms with Crippen molar-refractivity contribution < 1.29 is 0 Å². The van der Waals surface area contributed by atoms with Gasteiger partial charge in [0.25, 0.3) is 0 Å². The Balaban J connectivity index is 2.36. The van der Waals surface area contributed by atoms with Gasteiger partial charge in [-0.1, -0.05) is 24.3 Å². The van der Waals surface area contributed by atoms with Gasteiger partial charge in [0.1, 0.15) is 0 Å². The van der Waals surface area contributed by atoms with Crippen molar-refractivity contribution in [1.82, 2.24) is 5.43 Å². The summed E-state index contributed by atoms with van der Waals surface area (Å²) >= 11 is 0. The number of anilines is 2. The molecule has 2 rings (SSSR count). The van der Waals surface area contributed by atoms with Gasteiger partial charge in [0.2, 0.25) is 0 Å². The van der Waals surface area contributed by atoms with E-state index in [2.05, 4.69) is 29.1 Å². The van der Waals surface area contributed by atoms with Crippen molar-refractivity contribution in [1.29, 1.82) is 0 Å². The largest absolute Gasteiger partial charge is 0.399 e. The average molecular weight is 213 g/mol. The van der Waals surface area contributed by atoms with Crippen molar-refractivity contribution in [2.24, 2.45) is 0 Å². The smallest absolute Gasteiger partial charge is 0.0493 e. The minimum Gasteiger partial charge on any atom is -0.399 e. The predicted molar refractivity (Wildman–Crippen MR) is 69.0 cm³/mol. The number of rotatable bonds is 3. The Morgan fingerprint density at radius 3 is 2.31 bits per heavy atom. The highest BCUT2D eigenvalue weighted by molar-refractivity contribution is 5.70. The SMILES string of the molecule is CNNc1cccc(-c2cccc(N)c2)c1. The van der Waals surface area contributed by atoms with Crippen LogP contribution in [0.4, 0.5) is 11.4 Å². The summed E-state index contributed by atoms with van der Waals surface area (Å²) < 4.78 is 0. The number of nitrogen functional groups attached to an aromatic ring is 1. The van der Waals surface area contributed by atoms with Gasteiger partial charge in [-0.25, -0.2) is 5.43 Å². The van der Waals surface area contributed by atoms with E-state index in [4.69, 9.17) is 5.73 Å². The molecule has 0 unspecified atom stereocenters. The number of hydrogen-bond acceptors (Lipinski definition) is 3. The lowest BCUT2D eigenvalue weighted by molar-refractivity contribution is 0.984. The first kappa shape index (κ1) is 10.5. The van der Waals surface area contributed by atoms with E-state index >= 15 is 0 Å². The zero-order valence-corrected chi connectivity index (χ0v) is 9.20. The van der Waals surface area contributed by atoms with E-state index in [0.717, 1.165) is 22.5 Å². The molecule has 82 valence electrons. The molecule has 0 spiro atoms. The number of hydrazine groups is 1. The second kappa shape index (κ2) is 4.68. The maximum atomic E-state index is 5.76. The third-order valence-electron chi connectivity index (χ3n) is 2.35. The van der Waals surface area contributed by atoms with Gasteiger partial charge in [-0.3, -0.25) is 0 Å². The normalized spacial score (nSPS) is 10.1. The summed E-state index contributed by atoms with van der Waals surface area (Å²) in [5.74, 6) is 0. The molecular formula is C13H15N3. The van der Waals surface area contributed by atoms with Crippen molar-refractivity contribution in [3.63, 3.8) is 0 Å². The highest BCUT2D eigenvalue weighted by Gasteiger charge is 1.98. The Kier molecular flexibility index (Phi) is 3.08. The lowest BCUT2D eigenvalue weighted by Gasteiger charge is -2.07. The van der Waals surface area contributed by atoms with E-state index in [-0.39, 0.29) is 0 Å². The summed E-state index contributed by atoms with van der Waals surface area (Å²) in [4.78, 5) is 0. The fourth-order valence-corrected chi connectivity index (χ4v) is 1.64. The van der Waals surface area contributed by atoms with Crippen LogP contribution in [0.5, 0.6) is 0 Å². The third kappa shape index (κ3) is 2.32. The van der Waals surface area contributed by atoms with Crippen LogP contribution in [0.1, 0.15) is 0 Å². The van der Waals surface area contributed by atoms with Gasteiger partial charge in [-0.05, 0) is 35.4 Å². The van der Waals surface area contributed by atoms with Crippen LogP contribution in [0.3, 0.4) is 0 Å². The average Bonchev–Trinajstić information content (AvgIpc) is 2.30. The molecule has 0 atom stereocenters. The number of hydrogen-bond donors (Lipinski definition) is 3. The van der Waals surface area contributed by atoms with Gasteiger partial charge >= 0.3 is 0 Å². The maximum Gasteiger partial charge on any atom is 0.0493 e. The van der Waals surface area contributed by atoms with Gasteiger partial charge < -0.3 is 11.2 Å². The molecule has 2 aromatic rings. The van der Waals surface area contributed by atoms with Crippen molar-refractivity contribution >= 4 is 11.4 Å². The Morgan fingerprint density at radius 1 is 0.938 bits per heavy atom. The molecular weight excluding hydrogens is 198 g/mol. The number of benzene rings is 2. The Labute approximate surface area is 95.3 Å². The molecule has 0 amide bonds. The number of nitrogens with one attached hydrogen (secondary N) is 2. The van der Waals surface area contributed by atoms with Gasteiger partial charge in [0, 0.05) is 18.4 Å². The molecule has 0 fully saturated rings. The van der Waals surface area contributed by atoms with Crippen LogP contribution in [-0.2, 0) is 0 Å². The van der Waals surface area contributed by atoms with E-state index in [0.29, 0.717) is 0 Å². The first-order chi connectivity index (χ1) is 7.79. The molecule has 3 heteroatoms. The Bertz CT molecular complexity index is 480. The summed E-state index contributed by atoms with van der Waals surface area (Å²) in [6.07, 6.45) is 0. The molecule has 0 bridgehead atoms. The molecule has 3 nitrogen and oxygen atoms in total. The molecule has 0 aliphatic heterocycles. The van der Waals surface area contributed by atoms with Crippen LogP contribution in [-0.4, -0.2) is 7.05 Å². The van der Waals surface area contributed by atoms with Crippen LogP contribution in [0.15, 0.2) is 48.5 Å². The number of nitrogens with two attached hydrogens (primary N) is 1. The fourth-order valence-electron chi connectivity index (χ4n) is 1.64. The first-order valence-corrected chi connectivity index (χ1v) is 5.18. The highest BCUT2D eigenvalue weighted by atomic mass is 15.3. The Hall–Kier alpha value is -2.00. The maximum absolute atomic E-state index is 5.76. The van der Waals surface area contributed by atoms with Crippen LogP contribution in [0, 0.1) is 0 Å². The summed E-state index contributed by atoms with van der Waals surface area (Å²) in [7, 11) is 1.84. The standard InChI is InChI=1S/C13H15N3/c1-15-16-13-7-3-5-11(9-13)10-4-2-6-12(14)8-10/h2-9,15-16H,14H2,1H3. The summed E-state index contributed by atoms with van der Waals surface area (Å²) in [5, 5.41) is 0. The molecule has 0 saturated heterocycles. The van der Waals surface area contributed by atoms with Gasteiger partial charge in [0.05, 0.1) is 0 Å². The quantitative estimate of drug-likeness (QED) is 0.542. The lowest BCUT2D eigenvalue weighted by Crippen LogP contribution is -2.14. The lowest BCUT2D eigenvalue weighted by atomic mass is 10.0. The topological polar surface area (TPSA) is 50.1 Å². The van der Waals surface area contributed by atoms with Gasteiger partial charge in [-0.2, -0.15) is 0 Å². The van der Waals surface area contributed by atoms with Crippen molar-refractivity contribution in [3.8, 4) is 11.1 Å². The zero-order chi connectivity index (χ0) is 11.4. The first-order valence-electron chi connectivity index (χ1n) is 5.18. The Morgan fingerprint density at radius 2 is 1.62 bits per heavy atom. The molecule has 0 radical (unpaired) electrons. The monoisotopic (exact) mass is 213 g/mol. The zero-order valence-electron chi connectivity index (χ0n) is 9.20. The van der Waals surface area contributed by atoms with E-state index in [1.807, 2.05) is 37.4 Å². The van der Waals surface area contributed by atoms with Crippen LogP contribution in [0.25, 0.3) is 11.1 Å². The third-order valence-corrected chi connectivity index (χ3v) is 2.35. The second-order valence-corrected chi connectivity index (χ2v) is 3.58. The second-order valence-electron chi connectivity index (χ2n) is 3.58. The van der Waals surface area contributed by atoms with Crippen molar-refractivity contribution in [2.45, 2.75) is 0 Å². The molecule has 0 heterocycles. The summed E-state index contributed by atoms with van der Waals surface area (Å²) in [5.41, 5.74) is 15.8. The molecule has 0 aromatic heterocycles. The molecule has 0 aliphatic rings. The van der Waals surface area contributed by atoms with Crippen molar-refractivity contribution in [2.75, 3.05) is 18.2 Å². The molecule has 2 aromatic carbocycles.